The summed E-state index contributed by atoms with van der Waals surface area (Å²) in [5.41, 5.74) is 2.46. The van der Waals surface area contributed by atoms with Crippen LogP contribution in [0.4, 0.5) is 0 Å². The average Bonchev–Trinajstić information content (AvgIpc) is 3.15. The van der Waals surface area contributed by atoms with Gasteiger partial charge in [0.2, 0.25) is 0 Å². The molecule has 3 heterocycles. The average molecular weight is 383 g/mol. The Morgan fingerprint density at radius 2 is 1.96 bits per heavy atom. The molecule has 0 radical (unpaired) electrons. The van der Waals surface area contributed by atoms with E-state index >= 15 is 0 Å². The molecule has 2 N–H and O–H groups in total. The Kier molecular flexibility index (Phi) is 5.73. The van der Waals surface area contributed by atoms with Gasteiger partial charge in [-0.1, -0.05) is 35.5 Å². The zero-order chi connectivity index (χ0) is 19.4. The molecule has 4 rings (SSSR count). The first-order valence-corrected chi connectivity index (χ1v) is 10.2. The fourth-order valence-electron chi connectivity index (χ4n) is 4.40. The van der Waals surface area contributed by atoms with Crippen molar-refractivity contribution in [2.45, 2.75) is 44.1 Å². The zero-order valence-corrected chi connectivity index (χ0v) is 16.5. The first kappa shape index (κ1) is 19.1. The van der Waals surface area contributed by atoms with E-state index in [-0.39, 0.29) is 11.3 Å². The lowest BCUT2D eigenvalue weighted by molar-refractivity contribution is 0.0486. The number of nitrogens with zero attached hydrogens (tertiary/aromatic N) is 3. The van der Waals surface area contributed by atoms with Crippen molar-refractivity contribution in [2.24, 2.45) is 0 Å². The third-order valence-electron chi connectivity index (χ3n) is 6.22. The van der Waals surface area contributed by atoms with Crippen molar-refractivity contribution in [3.8, 4) is 0 Å². The van der Waals surface area contributed by atoms with Crippen molar-refractivity contribution in [1.29, 1.82) is 0 Å². The normalized spacial score (nSPS) is 20.0. The van der Waals surface area contributed by atoms with E-state index in [2.05, 4.69) is 45.2 Å². The highest BCUT2D eigenvalue weighted by atomic mass is 16.5. The van der Waals surface area contributed by atoms with Crippen LogP contribution in [0.15, 0.2) is 30.3 Å². The molecular weight excluding hydrogens is 354 g/mol. The molecule has 1 aromatic carbocycles. The summed E-state index contributed by atoms with van der Waals surface area (Å²) in [4.78, 5) is 12.9. The molecule has 2 fully saturated rings. The maximum absolute atomic E-state index is 12.9. The molecule has 28 heavy (non-hydrogen) atoms. The Labute approximate surface area is 165 Å². The lowest BCUT2D eigenvalue weighted by Crippen LogP contribution is -2.44. The van der Waals surface area contributed by atoms with Gasteiger partial charge in [0.1, 0.15) is 0 Å². The molecule has 1 amide bonds. The number of hydrogen-bond acceptors (Lipinski definition) is 5. The summed E-state index contributed by atoms with van der Waals surface area (Å²) >= 11 is 0. The van der Waals surface area contributed by atoms with E-state index in [0.29, 0.717) is 18.3 Å². The molecule has 7 heteroatoms. The van der Waals surface area contributed by atoms with Crippen molar-refractivity contribution in [3.63, 3.8) is 0 Å². The monoisotopic (exact) mass is 383 g/mol. The van der Waals surface area contributed by atoms with Crippen molar-refractivity contribution < 1.29 is 9.53 Å². The predicted octanol–water partition coefficient (Wildman–Crippen LogP) is 1.99. The summed E-state index contributed by atoms with van der Waals surface area (Å²) in [5.74, 6) is -0.139. The van der Waals surface area contributed by atoms with Gasteiger partial charge in [-0.25, -0.2) is 4.68 Å². The minimum atomic E-state index is -0.139. The summed E-state index contributed by atoms with van der Waals surface area (Å²) in [6.07, 6.45) is 3.83. The summed E-state index contributed by atoms with van der Waals surface area (Å²) in [6.45, 7) is 5.92. The second-order valence-electron chi connectivity index (χ2n) is 7.89. The van der Waals surface area contributed by atoms with E-state index in [4.69, 9.17) is 4.74 Å². The van der Waals surface area contributed by atoms with Gasteiger partial charge in [0.25, 0.3) is 5.91 Å². The number of carbonyl (C=O) groups excluding carboxylic acids is 1. The molecule has 2 aliphatic heterocycles. The number of benzene rings is 1. The van der Waals surface area contributed by atoms with E-state index in [1.807, 2.05) is 17.7 Å². The Morgan fingerprint density at radius 1 is 1.25 bits per heavy atom. The lowest BCUT2D eigenvalue weighted by atomic mass is 9.74. The van der Waals surface area contributed by atoms with Crippen LogP contribution in [-0.4, -0.2) is 53.7 Å². The molecule has 7 nitrogen and oxygen atoms in total. The first-order valence-electron chi connectivity index (χ1n) is 10.2. The number of carbonyl (C=O) groups is 1. The van der Waals surface area contributed by atoms with Gasteiger partial charge in [-0.05, 0) is 51.3 Å². The quantitative estimate of drug-likeness (QED) is 0.825. The standard InChI is InChI=1S/C21H29N5O2/c1-16-19(24-25-26(16)18-7-11-22-12-8-18)20(27)23-15-21(9-13-28-14-10-21)17-5-3-2-4-6-17/h2-6,18,22H,7-15H2,1H3,(H,23,27). The molecule has 0 spiro atoms. The van der Waals surface area contributed by atoms with Gasteiger partial charge in [-0.15, -0.1) is 5.10 Å². The van der Waals surface area contributed by atoms with Crippen molar-refractivity contribution in [2.75, 3.05) is 32.8 Å². The zero-order valence-electron chi connectivity index (χ0n) is 16.5. The topological polar surface area (TPSA) is 81.1 Å². The summed E-state index contributed by atoms with van der Waals surface area (Å²) < 4.78 is 7.51. The number of hydrogen-bond donors (Lipinski definition) is 2. The molecule has 2 aliphatic rings. The molecule has 2 aromatic rings. The van der Waals surface area contributed by atoms with Gasteiger partial charge < -0.3 is 15.4 Å². The molecule has 0 atom stereocenters. The van der Waals surface area contributed by atoms with Crippen LogP contribution < -0.4 is 10.6 Å². The Hall–Kier alpha value is -2.25. The number of nitrogens with one attached hydrogen (secondary N) is 2. The van der Waals surface area contributed by atoms with Crippen LogP contribution in [0.3, 0.4) is 0 Å². The minimum absolute atomic E-state index is 0.0892. The van der Waals surface area contributed by atoms with E-state index < -0.39 is 0 Å². The number of amides is 1. The molecule has 0 aliphatic carbocycles. The van der Waals surface area contributed by atoms with Gasteiger partial charge in [0, 0.05) is 25.2 Å². The van der Waals surface area contributed by atoms with Gasteiger partial charge in [-0.3, -0.25) is 4.79 Å². The van der Waals surface area contributed by atoms with Crippen molar-refractivity contribution in [1.82, 2.24) is 25.6 Å². The summed E-state index contributed by atoms with van der Waals surface area (Å²) in [6, 6.07) is 10.8. The van der Waals surface area contributed by atoms with Crippen LogP contribution in [0, 0.1) is 6.92 Å². The molecule has 0 saturated carbocycles. The third kappa shape index (κ3) is 3.82. The molecular formula is C21H29N5O2. The maximum atomic E-state index is 12.9. The minimum Gasteiger partial charge on any atom is -0.381 e. The van der Waals surface area contributed by atoms with E-state index in [1.165, 1.54) is 5.56 Å². The van der Waals surface area contributed by atoms with Crippen LogP contribution in [0.2, 0.25) is 0 Å². The fraction of sp³-hybridized carbons (Fsp3) is 0.571. The summed E-state index contributed by atoms with van der Waals surface area (Å²) in [5, 5.41) is 15.0. The fourth-order valence-corrected chi connectivity index (χ4v) is 4.40. The number of aromatic nitrogens is 3. The van der Waals surface area contributed by atoms with Crippen LogP contribution in [0.25, 0.3) is 0 Å². The third-order valence-corrected chi connectivity index (χ3v) is 6.22. The SMILES string of the molecule is Cc1c(C(=O)NCC2(c3ccccc3)CCOCC2)nnn1C1CCNCC1. The first-order chi connectivity index (χ1) is 13.7. The number of rotatable bonds is 5. The van der Waals surface area contributed by atoms with Gasteiger partial charge in [0.05, 0.1) is 11.7 Å². The van der Waals surface area contributed by atoms with E-state index in [9.17, 15) is 4.79 Å². The highest BCUT2D eigenvalue weighted by Crippen LogP contribution is 2.34. The van der Waals surface area contributed by atoms with Crippen LogP contribution >= 0.6 is 0 Å². The second-order valence-corrected chi connectivity index (χ2v) is 7.89. The maximum Gasteiger partial charge on any atom is 0.273 e. The molecule has 1 aromatic heterocycles. The predicted molar refractivity (Wildman–Crippen MR) is 106 cm³/mol. The largest absolute Gasteiger partial charge is 0.381 e. The smallest absolute Gasteiger partial charge is 0.273 e. The second kappa shape index (κ2) is 8.41. The lowest BCUT2D eigenvalue weighted by Gasteiger charge is -2.37. The molecule has 150 valence electrons. The molecule has 2 saturated heterocycles. The molecule has 0 unspecified atom stereocenters. The van der Waals surface area contributed by atoms with Gasteiger partial charge >= 0.3 is 0 Å². The highest BCUT2D eigenvalue weighted by molar-refractivity contribution is 5.93. The number of ether oxygens (including phenoxy) is 1. The highest BCUT2D eigenvalue weighted by Gasteiger charge is 2.35. The summed E-state index contributed by atoms with van der Waals surface area (Å²) in [7, 11) is 0. The van der Waals surface area contributed by atoms with Crippen LogP contribution in [-0.2, 0) is 10.2 Å². The van der Waals surface area contributed by atoms with Gasteiger partial charge in [-0.2, -0.15) is 0 Å². The van der Waals surface area contributed by atoms with E-state index in [1.54, 1.807) is 0 Å². The van der Waals surface area contributed by atoms with Crippen molar-refractivity contribution >= 4 is 5.91 Å². The van der Waals surface area contributed by atoms with E-state index in [0.717, 1.165) is 57.7 Å². The van der Waals surface area contributed by atoms with Gasteiger partial charge in [0.15, 0.2) is 5.69 Å². The van der Waals surface area contributed by atoms with Crippen LogP contribution in [0.1, 0.15) is 53.5 Å². The number of piperidine rings is 1. The molecule has 0 bridgehead atoms. The Bertz CT molecular complexity index is 792. The Balaban J connectivity index is 1.48. The van der Waals surface area contributed by atoms with Crippen LogP contribution in [0.5, 0.6) is 0 Å². The van der Waals surface area contributed by atoms with Crippen molar-refractivity contribution in [3.05, 3.63) is 47.3 Å². The Morgan fingerprint density at radius 3 is 2.68 bits per heavy atom.